The molecule has 0 saturated heterocycles. The molecule has 149 valence electrons. The first-order valence-electron chi connectivity index (χ1n) is 8.45. The molecule has 1 heterocycles. The Morgan fingerprint density at radius 3 is 2.07 bits per heavy atom. The summed E-state index contributed by atoms with van der Waals surface area (Å²) in [6.45, 7) is 11.3. The van der Waals surface area contributed by atoms with Crippen LogP contribution in [0, 0.1) is 41.5 Å². The first-order chi connectivity index (χ1) is 12.5. The van der Waals surface area contributed by atoms with Gasteiger partial charge in [0.05, 0.1) is 5.69 Å². The van der Waals surface area contributed by atoms with Gasteiger partial charge in [-0.15, -0.1) is 10.2 Å². The van der Waals surface area contributed by atoms with E-state index in [1.165, 1.54) is 0 Å². The van der Waals surface area contributed by atoms with Crippen molar-refractivity contribution in [3.05, 3.63) is 33.8 Å². The molecule has 1 N–H and O–H groups in total. The summed E-state index contributed by atoms with van der Waals surface area (Å²) in [6, 6.07) is 0. The fraction of sp³-hybridized carbons (Fsp3) is 0.444. The van der Waals surface area contributed by atoms with Gasteiger partial charge in [0.2, 0.25) is 0 Å². The Labute approximate surface area is 194 Å². The standard InChI is InChI=1S/C18H26N6O2S.Y/c1-9-10(2)17(24(7)8)12(4)16(23-27(25)26)15(9)21-22-18-11(3)13(5)19-14(6)20-18;/h23H,1-8H3,(H,25,26);/p-1. The third-order valence-corrected chi connectivity index (χ3v) is 4.96. The predicted molar refractivity (Wildman–Crippen MR) is 108 cm³/mol. The van der Waals surface area contributed by atoms with Crippen LogP contribution >= 0.6 is 0 Å². The van der Waals surface area contributed by atoms with Crippen molar-refractivity contribution >= 4 is 34.1 Å². The van der Waals surface area contributed by atoms with E-state index in [-0.39, 0.29) is 32.7 Å². The van der Waals surface area contributed by atoms with Gasteiger partial charge in [0.1, 0.15) is 11.5 Å². The fourth-order valence-corrected chi connectivity index (χ4v) is 3.49. The maximum atomic E-state index is 11.4. The van der Waals surface area contributed by atoms with Gasteiger partial charge in [-0.05, 0) is 58.2 Å². The van der Waals surface area contributed by atoms with Gasteiger partial charge in [-0.25, -0.2) is 9.97 Å². The van der Waals surface area contributed by atoms with E-state index in [0.29, 0.717) is 23.0 Å². The quantitative estimate of drug-likeness (QED) is 0.516. The molecule has 1 aromatic heterocycles. The molecule has 0 aliphatic heterocycles. The Bertz CT molecular complexity index is 947. The van der Waals surface area contributed by atoms with Crippen molar-refractivity contribution in [3.63, 3.8) is 0 Å². The number of nitrogens with one attached hydrogen (secondary N) is 1. The summed E-state index contributed by atoms with van der Waals surface area (Å²) in [6.07, 6.45) is 0. The molecular formula is C18H25N6O2SY-. The molecule has 1 unspecified atom stereocenters. The van der Waals surface area contributed by atoms with Gasteiger partial charge in [0, 0.05) is 75.0 Å². The van der Waals surface area contributed by atoms with E-state index in [9.17, 15) is 8.76 Å². The van der Waals surface area contributed by atoms with Crippen LogP contribution in [-0.2, 0) is 44.0 Å². The van der Waals surface area contributed by atoms with E-state index in [4.69, 9.17) is 0 Å². The van der Waals surface area contributed by atoms with Gasteiger partial charge in [0.25, 0.3) is 0 Å². The molecule has 0 aliphatic rings. The number of benzene rings is 1. The summed E-state index contributed by atoms with van der Waals surface area (Å²) in [7, 11) is 3.84. The van der Waals surface area contributed by atoms with Crippen LogP contribution in [0.15, 0.2) is 10.2 Å². The van der Waals surface area contributed by atoms with Crippen molar-refractivity contribution < 1.29 is 41.5 Å². The molecule has 2 aromatic rings. The van der Waals surface area contributed by atoms with Crippen molar-refractivity contribution in [2.24, 2.45) is 10.2 Å². The number of rotatable bonds is 5. The fourth-order valence-electron chi connectivity index (χ4n) is 3.07. The third-order valence-electron chi connectivity index (χ3n) is 4.59. The molecule has 1 radical (unpaired) electrons. The Hall–Kier alpha value is -1.29. The van der Waals surface area contributed by atoms with E-state index < -0.39 is 11.3 Å². The van der Waals surface area contributed by atoms with Crippen molar-refractivity contribution in [2.45, 2.75) is 41.5 Å². The molecule has 8 nitrogen and oxygen atoms in total. The molecule has 0 amide bonds. The van der Waals surface area contributed by atoms with Crippen LogP contribution in [0.1, 0.15) is 33.8 Å². The average Bonchev–Trinajstić information content (AvgIpc) is 2.55. The van der Waals surface area contributed by atoms with Crippen LogP contribution in [0.5, 0.6) is 0 Å². The second-order valence-electron chi connectivity index (χ2n) is 6.68. The smallest absolute Gasteiger partial charge is 0.180 e. The normalized spacial score (nSPS) is 12.0. The minimum atomic E-state index is -2.48. The maximum absolute atomic E-state index is 11.4. The zero-order chi connectivity index (χ0) is 20.5. The van der Waals surface area contributed by atoms with Crippen LogP contribution < -0.4 is 9.62 Å². The van der Waals surface area contributed by atoms with Crippen molar-refractivity contribution in [1.82, 2.24) is 9.97 Å². The first-order valence-corrected chi connectivity index (χ1v) is 9.52. The maximum Gasteiger partial charge on any atom is 0.180 e. The Kier molecular flexibility index (Phi) is 8.80. The van der Waals surface area contributed by atoms with Crippen LogP contribution in [0.25, 0.3) is 0 Å². The third kappa shape index (κ3) is 5.20. The van der Waals surface area contributed by atoms with E-state index in [0.717, 1.165) is 33.6 Å². The van der Waals surface area contributed by atoms with Crippen molar-refractivity contribution in [2.75, 3.05) is 23.7 Å². The number of hydrogen-bond acceptors (Lipinski definition) is 7. The number of aryl methyl sites for hydroxylation is 2. The SMILES string of the molecule is Cc1nc(C)c(C)c(N=Nc2c(C)c(C)c(N(C)C)c(C)c2NS(=O)[O-])n1.[Y]. The summed E-state index contributed by atoms with van der Waals surface area (Å²) in [5.74, 6) is 1.08. The Balaban J connectivity index is 0.00000392. The van der Waals surface area contributed by atoms with Crippen molar-refractivity contribution in [3.8, 4) is 0 Å². The summed E-state index contributed by atoms with van der Waals surface area (Å²) >= 11 is -2.48. The molecular weight excluding hydrogens is 453 g/mol. The summed E-state index contributed by atoms with van der Waals surface area (Å²) in [5, 5.41) is 8.68. The van der Waals surface area contributed by atoms with Gasteiger partial charge in [-0.3, -0.25) is 4.21 Å². The number of azo groups is 1. The van der Waals surface area contributed by atoms with Crippen LogP contribution in [-0.4, -0.2) is 32.8 Å². The van der Waals surface area contributed by atoms with Crippen LogP contribution in [0.2, 0.25) is 0 Å². The van der Waals surface area contributed by atoms with Crippen molar-refractivity contribution in [1.29, 1.82) is 0 Å². The van der Waals surface area contributed by atoms with Crippen LogP contribution in [0.4, 0.5) is 22.9 Å². The topological polar surface area (TPSA) is 106 Å². The zero-order valence-electron chi connectivity index (χ0n) is 17.5. The summed E-state index contributed by atoms with van der Waals surface area (Å²) < 4.78 is 25.2. The zero-order valence-corrected chi connectivity index (χ0v) is 21.2. The van der Waals surface area contributed by atoms with E-state index in [1.54, 1.807) is 6.92 Å². The molecule has 1 atom stereocenters. The second-order valence-corrected chi connectivity index (χ2v) is 7.36. The largest absolute Gasteiger partial charge is 0.755 e. The number of hydrogen-bond donors (Lipinski definition) is 1. The van der Waals surface area contributed by atoms with Gasteiger partial charge >= 0.3 is 0 Å². The predicted octanol–water partition coefficient (Wildman–Crippen LogP) is 4.01. The Morgan fingerprint density at radius 1 is 0.929 bits per heavy atom. The van der Waals surface area contributed by atoms with Gasteiger partial charge in [0.15, 0.2) is 5.82 Å². The number of anilines is 2. The summed E-state index contributed by atoms with van der Waals surface area (Å²) in [4.78, 5) is 10.6. The van der Waals surface area contributed by atoms with Gasteiger partial charge in [-0.1, -0.05) is 0 Å². The molecule has 0 bridgehead atoms. The van der Waals surface area contributed by atoms with Gasteiger partial charge in [-0.2, -0.15) is 0 Å². The molecule has 1 aromatic carbocycles. The van der Waals surface area contributed by atoms with Gasteiger partial charge < -0.3 is 14.2 Å². The van der Waals surface area contributed by atoms with E-state index in [1.807, 2.05) is 53.6 Å². The summed E-state index contributed by atoms with van der Waals surface area (Å²) in [5.41, 5.74) is 6.16. The number of nitrogens with zero attached hydrogens (tertiary/aromatic N) is 5. The number of aromatic nitrogens is 2. The molecule has 0 spiro atoms. The second kappa shape index (κ2) is 9.96. The Morgan fingerprint density at radius 2 is 1.54 bits per heavy atom. The minimum absolute atomic E-state index is 0. The van der Waals surface area contributed by atoms with Crippen LogP contribution in [0.3, 0.4) is 0 Å². The molecule has 0 fully saturated rings. The molecule has 2 rings (SSSR count). The molecule has 28 heavy (non-hydrogen) atoms. The molecule has 10 heteroatoms. The first kappa shape index (κ1) is 24.8. The van der Waals surface area contributed by atoms with E-state index >= 15 is 0 Å². The minimum Gasteiger partial charge on any atom is -0.755 e. The molecule has 0 saturated carbocycles. The molecule has 0 aliphatic carbocycles. The average molecular weight is 478 g/mol. The monoisotopic (exact) mass is 478 g/mol. The van der Waals surface area contributed by atoms with E-state index in [2.05, 4.69) is 24.9 Å².